The zero-order valence-corrected chi connectivity index (χ0v) is 14.4. The molecule has 126 valence electrons. The summed E-state index contributed by atoms with van der Waals surface area (Å²) in [5.74, 6) is 0.899. The van der Waals surface area contributed by atoms with Crippen LogP contribution in [-0.4, -0.2) is 37.0 Å². The molecule has 0 spiro atoms. The zero-order valence-electron chi connectivity index (χ0n) is 14.4. The fourth-order valence-corrected chi connectivity index (χ4v) is 3.91. The van der Waals surface area contributed by atoms with Crippen LogP contribution in [0.3, 0.4) is 0 Å². The number of amides is 1. The zero-order chi connectivity index (χ0) is 16.1. The lowest BCUT2D eigenvalue weighted by molar-refractivity contribution is 0.0927. The van der Waals surface area contributed by atoms with Gasteiger partial charge in [-0.1, -0.05) is 31.4 Å². The van der Waals surface area contributed by atoms with E-state index in [2.05, 4.69) is 29.4 Å². The van der Waals surface area contributed by atoms with Crippen molar-refractivity contribution in [2.75, 3.05) is 20.1 Å². The molecule has 1 N–H and O–H groups in total. The van der Waals surface area contributed by atoms with E-state index in [-0.39, 0.29) is 5.91 Å². The van der Waals surface area contributed by atoms with E-state index < -0.39 is 0 Å². The minimum atomic E-state index is 0.0998. The molecule has 3 nitrogen and oxygen atoms in total. The summed E-state index contributed by atoms with van der Waals surface area (Å²) in [5.41, 5.74) is 2.18. The lowest BCUT2D eigenvalue weighted by Gasteiger charge is -2.29. The molecule has 0 bridgehead atoms. The smallest absolute Gasteiger partial charge is 0.251 e. The van der Waals surface area contributed by atoms with Crippen LogP contribution in [0.15, 0.2) is 24.3 Å². The van der Waals surface area contributed by atoms with Crippen molar-refractivity contribution in [3.8, 4) is 0 Å². The number of benzene rings is 1. The summed E-state index contributed by atoms with van der Waals surface area (Å²) in [5, 5.41) is 3.20. The van der Waals surface area contributed by atoms with Gasteiger partial charge in [0.25, 0.3) is 5.91 Å². The second kappa shape index (κ2) is 7.96. The molecular formula is C20H30N2O. The van der Waals surface area contributed by atoms with Gasteiger partial charge in [0.1, 0.15) is 0 Å². The Morgan fingerprint density at radius 3 is 2.35 bits per heavy atom. The van der Waals surface area contributed by atoms with E-state index in [1.807, 2.05) is 12.1 Å². The van der Waals surface area contributed by atoms with Gasteiger partial charge >= 0.3 is 0 Å². The molecular weight excluding hydrogens is 284 g/mol. The minimum absolute atomic E-state index is 0.0998. The van der Waals surface area contributed by atoms with Gasteiger partial charge in [-0.15, -0.1) is 0 Å². The SMILES string of the molecule is CN1CCC(Cc2ccc(C(=O)NC3CCCCC3)cc2)CC1. The number of carbonyl (C=O) groups is 1. The molecule has 2 aliphatic rings. The van der Waals surface area contributed by atoms with Crippen molar-refractivity contribution in [2.45, 2.75) is 57.4 Å². The van der Waals surface area contributed by atoms with E-state index in [1.54, 1.807) is 0 Å². The van der Waals surface area contributed by atoms with E-state index in [1.165, 1.54) is 50.8 Å². The van der Waals surface area contributed by atoms with Crippen molar-refractivity contribution in [3.63, 3.8) is 0 Å². The normalized spacial score (nSPS) is 21.3. The van der Waals surface area contributed by atoms with Gasteiger partial charge in [0.2, 0.25) is 0 Å². The van der Waals surface area contributed by atoms with Crippen LogP contribution in [-0.2, 0) is 6.42 Å². The van der Waals surface area contributed by atoms with Crippen molar-refractivity contribution in [1.29, 1.82) is 0 Å². The topological polar surface area (TPSA) is 32.3 Å². The van der Waals surface area contributed by atoms with Crippen molar-refractivity contribution in [3.05, 3.63) is 35.4 Å². The van der Waals surface area contributed by atoms with E-state index in [0.29, 0.717) is 6.04 Å². The van der Waals surface area contributed by atoms with Crippen LogP contribution >= 0.6 is 0 Å². The van der Waals surface area contributed by atoms with Crippen LogP contribution in [0.1, 0.15) is 60.9 Å². The lowest BCUT2D eigenvalue weighted by Crippen LogP contribution is -2.36. The maximum absolute atomic E-state index is 12.3. The third kappa shape index (κ3) is 4.81. The molecule has 1 saturated heterocycles. The van der Waals surface area contributed by atoms with Crippen molar-refractivity contribution >= 4 is 5.91 Å². The molecule has 0 unspecified atom stereocenters. The Bertz CT molecular complexity index is 497. The number of likely N-dealkylation sites (tertiary alicyclic amines) is 1. The second-order valence-electron chi connectivity index (χ2n) is 7.46. The van der Waals surface area contributed by atoms with Crippen LogP contribution in [0.25, 0.3) is 0 Å². The standard InChI is InChI=1S/C20H30N2O/c1-22-13-11-17(12-14-22)15-16-7-9-18(10-8-16)20(23)21-19-5-3-2-4-6-19/h7-10,17,19H,2-6,11-15H2,1H3,(H,21,23). The molecule has 3 heteroatoms. The molecule has 1 amide bonds. The Morgan fingerprint density at radius 1 is 1.04 bits per heavy atom. The van der Waals surface area contributed by atoms with E-state index in [9.17, 15) is 4.79 Å². The van der Waals surface area contributed by atoms with E-state index >= 15 is 0 Å². The van der Waals surface area contributed by atoms with Crippen LogP contribution in [0.2, 0.25) is 0 Å². The Hall–Kier alpha value is -1.35. The third-order valence-corrected chi connectivity index (χ3v) is 5.52. The molecule has 1 saturated carbocycles. The van der Waals surface area contributed by atoms with Gasteiger partial charge < -0.3 is 10.2 Å². The first-order chi connectivity index (χ1) is 11.2. The number of nitrogens with one attached hydrogen (secondary N) is 1. The molecule has 0 atom stereocenters. The first-order valence-corrected chi connectivity index (χ1v) is 9.29. The predicted octanol–water partition coefficient (Wildman–Crippen LogP) is 3.63. The number of hydrogen-bond acceptors (Lipinski definition) is 2. The number of carbonyl (C=O) groups excluding carboxylic acids is 1. The van der Waals surface area contributed by atoms with Gasteiger partial charge in [-0.25, -0.2) is 0 Å². The number of piperidine rings is 1. The fourth-order valence-electron chi connectivity index (χ4n) is 3.91. The molecule has 23 heavy (non-hydrogen) atoms. The average molecular weight is 314 g/mol. The molecule has 1 aromatic carbocycles. The molecule has 1 aromatic rings. The summed E-state index contributed by atoms with van der Waals surface area (Å²) in [7, 11) is 2.20. The Morgan fingerprint density at radius 2 is 1.70 bits per heavy atom. The molecule has 2 fully saturated rings. The van der Waals surface area contributed by atoms with Gasteiger partial charge in [0.05, 0.1) is 0 Å². The van der Waals surface area contributed by atoms with E-state index in [4.69, 9.17) is 0 Å². The minimum Gasteiger partial charge on any atom is -0.349 e. The van der Waals surface area contributed by atoms with E-state index in [0.717, 1.165) is 30.7 Å². The molecule has 1 heterocycles. The summed E-state index contributed by atoms with van der Waals surface area (Å²) in [6.07, 6.45) is 9.83. The summed E-state index contributed by atoms with van der Waals surface area (Å²) in [6.45, 7) is 2.43. The highest BCUT2D eigenvalue weighted by atomic mass is 16.1. The maximum atomic E-state index is 12.3. The summed E-state index contributed by atoms with van der Waals surface area (Å²) in [4.78, 5) is 14.7. The van der Waals surface area contributed by atoms with Crippen LogP contribution < -0.4 is 5.32 Å². The fraction of sp³-hybridized carbons (Fsp3) is 0.650. The van der Waals surface area contributed by atoms with Crippen molar-refractivity contribution in [1.82, 2.24) is 10.2 Å². The second-order valence-corrected chi connectivity index (χ2v) is 7.46. The predicted molar refractivity (Wildman–Crippen MR) is 94.7 cm³/mol. The third-order valence-electron chi connectivity index (χ3n) is 5.52. The van der Waals surface area contributed by atoms with Gasteiger partial charge in [-0.05, 0) is 75.9 Å². The quantitative estimate of drug-likeness (QED) is 0.920. The van der Waals surface area contributed by atoms with Gasteiger partial charge in [-0.3, -0.25) is 4.79 Å². The van der Waals surface area contributed by atoms with Gasteiger partial charge in [-0.2, -0.15) is 0 Å². The van der Waals surface area contributed by atoms with Crippen molar-refractivity contribution in [2.24, 2.45) is 5.92 Å². The monoisotopic (exact) mass is 314 g/mol. The largest absolute Gasteiger partial charge is 0.349 e. The van der Waals surface area contributed by atoms with Crippen molar-refractivity contribution < 1.29 is 4.79 Å². The summed E-state index contributed by atoms with van der Waals surface area (Å²) >= 11 is 0. The number of rotatable bonds is 4. The van der Waals surface area contributed by atoms with Gasteiger partial charge in [0.15, 0.2) is 0 Å². The summed E-state index contributed by atoms with van der Waals surface area (Å²) in [6, 6.07) is 8.68. The Labute approximate surface area is 140 Å². The lowest BCUT2D eigenvalue weighted by atomic mass is 9.90. The number of nitrogens with zero attached hydrogens (tertiary/aromatic N) is 1. The highest BCUT2D eigenvalue weighted by Crippen LogP contribution is 2.21. The highest BCUT2D eigenvalue weighted by molar-refractivity contribution is 5.94. The average Bonchev–Trinajstić information content (AvgIpc) is 2.58. The van der Waals surface area contributed by atoms with Gasteiger partial charge in [0, 0.05) is 11.6 Å². The highest BCUT2D eigenvalue weighted by Gasteiger charge is 2.18. The molecule has 0 aromatic heterocycles. The maximum Gasteiger partial charge on any atom is 0.251 e. The number of hydrogen-bond donors (Lipinski definition) is 1. The van der Waals surface area contributed by atoms with Crippen LogP contribution in [0, 0.1) is 5.92 Å². The Kier molecular flexibility index (Phi) is 5.71. The van der Waals surface area contributed by atoms with Crippen LogP contribution in [0.5, 0.6) is 0 Å². The summed E-state index contributed by atoms with van der Waals surface area (Å²) < 4.78 is 0. The first kappa shape index (κ1) is 16.5. The molecule has 0 radical (unpaired) electrons. The molecule has 1 aliphatic heterocycles. The Balaban J connectivity index is 1.51. The van der Waals surface area contributed by atoms with Crippen LogP contribution in [0.4, 0.5) is 0 Å². The first-order valence-electron chi connectivity index (χ1n) is 9.29. The molecule has 1 aliphatic carbocycles. The molecule has 3 rings (SSSR count).